The standard InChI is InChI=1S/C12H26N2O/c1-10(15)12(2,3)13-8-11-6-5-7-14(4)9-11/h10-11,13,15H,5-9H2,1-4H3. The number of hydrogen-bond donors (Lipinski definition) is 2. The zero-order chi connectivity index (χ0) is 11.5. The topological polar surface area (TPSA) is 35.5 Å². The van der Waals surface area contributed by atoms with E-state index in [1.165, 1.54) is 25.9 Å². The van der Waals surface area contributed by atoms with Gasteiger partial charge >= 0.3 is 0 Å². The third-order valence-electron chi connectivity index (χ3n) is 3.61. The maximum absolute atomic E-state index is 9.59. The van der Waals surface area contributed by atoms with E-state index < -0.39 is 0 Å². The fourth-order valence-corrected chi connectivity index (χ4v) is 1.99. The quantitative estimate of drug-likeness (QED) is 0.735. The molecule has 3 nitrogen and oxygen atoms in total. The summed E-state index contributed by atoms with van der Waals surface area (Å²) in [6.07, 6.45) is 2.31. The van der Waals surface area contributed by atoms with Crippen molar-refractivity contribution in [3.05, 3.63) is 0 Å². The van der Waals surface area contributed by atoms with Crippen LogP contribution in [0, 0.1) is 5.92 Å². The molecule has 3 heteroatoms. The van der Waals surface area contributed by atoms with Crippen LogP contribution in [0.3, 0.4) is 0 Å². The van der Waals surface area contributed by atoms with Crippen LogP contribution in [0.4, 0.5) is 0 Å². The minimum absolute atomic E-state index is 0.171. The van der Waals surface area contributed by atoms with Gasteiger partial charge in [-0.15, -0.1) is 0 Å². The molecule has 0 amide bonds. The lowest BCUT2D eigenvalue weighted by Crippen LogP contribution is -2.51. The first-order chi connectivity index (χ1) is 6.92. The molecule has 1 rings (SSSR count). The number of rotatable bonds is 4. The minimum atomic E-state index is -0.307. The number of aliphatic hydroxyl groups excluding tert-OH is 1. The van der Waals surface area contributed by atoms with Gasteiger partial charge in [-0.1, -0.05) is 0 Å². The highest BCUT2D eigenvalue weighted by Crippen LogP contribution is 2.16. The number of nitrogens with zero attached hydrogens (tertiary/aromatic N) is 1. The van der Waals surface area contributed by atoms with E-state index in [2.05, 4.69) is 31.1 Å². The second-order valence-corrected chi connectivity index (χ2v) is 5.55. The van der Waals surface area contributed by atoms with Gasteiger partial charge in [-0.2, -0.15) is 0 Å². The van der Waals surface area contributed by atoms with Crippen LogP contribution >= 0.6 is 0 Å². The van der Waals surface area contributed by atoms with Gasteiger partial charge in [0, 0.05) is 12.1 Å². The number of nitrogens with one attached hydrogen (secondary N) is 1. The van der Waals surface area contributed by atoms with E-state index in [1.807, 2.05) is 6.92 Å². The summed E-state index contributed by atoms with van der Waals surface area (Å²) in [6.45, 7) is 9.40. The molecule has 1 saturated heterocycles. The first-order valence-electron chi connectivity index (χ1n) is 6.03. The molecule has 0 aromatic heterocycles. The van der Waals surface area contributed by atoms with Gasteiger partial charge in [-0.25, -0.2) is 0 Å². The van der Waals surface area contributed by atoms with Crippen molar-refractivity contribution in [2.24, 2.45) is 5.92 Å². The van der Waals surface area contributed by atoms with Crippen LogP contribution in [-0.2, 0) is 0 Å². The first kappa shape index (κ1) is 12.9. The Morgan fingerprint density at radius 2 is 2.20 bits per heavy atom. The molecule has 0 bridgehead atoms. The van der Waals surface area contributed by atoms with Crippen molar-refractivity contribution in [2.45, 2.75) is 45.3 Å². The minimum Gasteiger partial charge on any atom is -0.392 e. The lowest BCUT2D eigenvalue weighted by Gasteiger charge is -2.35. The van der Waals surface area contributed by atoms with Gasteiger partial charge in [0.15, 0.2) is 0 Å². The van der Waals surface area contributed by atoms with Gasteiger partial charge in [0.2, 0.25) is 0 Å². The molecule has 2 N–H and O–H groups in total. The summed E-state index contributed by atoms with van der Waals surface area (Å²) < 4.78 is 0. The SMILES string of the molecule is CC(O)C(C)(C)NCC1CCCN(C)C1. The Hall–Kier alpha value is -0.120. The van der Waals surface area contributed by atoms with E-state index >= 15 is 0 Å². The molecule has 0 aliphatic carbocycles. The Morgan fingerprint density at radius 1 is 1.53 bits per heavy atom. The van der Waals surface area contributed by atoms with Crippen molar-refractivity contribution in [3.8, 4) is 0 Å². The maximum atomic E-state index is 9.59. The lowest BCUT2D eigenvalue weighted by molar-refractivity contribution is 0.0885. The fraction of sp³-hybridized carbons (Fsp3) is 1.00. The number of aliphatic hydroxyl groups is 1. The largest absolute Gasteiger partial charge is 0.392 e. The lowest BCUT2D eigenvalue weighted by atomic mass is 9.94. The van der Waals surface area contributed by atoms with Gasteiger partial charge in [0.05, 0.1) is 6.10 Å². The first-order valence-corrected chi connectivity index (χ1v) is 6.03. The van der Waals surface area contributed by atoms with Crippen LogP contribution in [0.1, 0.15) is 33.6 Å². The molecule has 1 heterocycles. The monoisotopic (exact) mass is 214 g/mol. The Morgan fingerprint density at radius 3 is 2.73 bits per heavy atom. The summed E-state index contributed by atoms with van der Waals surface area (Å²) in [5.41, 5.74) is -0.171. The summed E-state index contributed by atoms with van der Waals surface area (Å²) in [4.78, 5) is 2.39. The Labute approximate surface area is 93.9 Å². The molecule has 2 atom stereocenters. The molecule has 0 saturated carbocycles. The normalized spacial score (nSPS) is 26.6. The van der Waals surface area contributed by atoms with Crippen molar-refractivity contribution < 1.29 is 5.11 Å². The average molecular weight is 214 g/mol. The maximum Gasteiger partial charge on any atom is 0.0688 e. The van der Waals surface area contributed by atoms with Gasteiger partial charge in [-0.3, -0.25) is 0 Å². The van der Waals surface area contributed by atoms with Crippen molar-refractivity contribution in [2.75, 3.05) is 26.7 Å². The average Bonchev–Trinajstić information content (AvgIpc) is 2.15. The van der Waals surface area contributed by atoms with Crippen LogP contribution in [0.2, 0.25) is 0 Å². The summed E-state index contributed by atoms with van der Waals surface area (Å²) in [6, 6.07) is 0. The summed E-state index contributed by atoms with van der Waals surface area (Å²) in [5, 5.41) is 13.1. The van der Waals surface area contributed by atoms with Gasteiger partial charge in [0.1, 0.15) is 0 Å². The van der Waals surface area contributed by atoms with Crippen molar-refractivity contribution in [3.63, 3.8) is 0 Å². The molecule has 1 fully saturated rings. The number of likely N-dealkylation sites (tertiary alicyclic amines) is 1. The molecule has 0 aromatic carbocycles. The number of piperidine rings is 1. The van der Waals surface area contributed by atoms with Gasteiger partial charge in [0.25, 0.3) is 0 Å². The molecule has 1 aliphatic rings. The predicted molar refractivity (Wildman–Crippen MR) is 64.0 cm³/mol. The highest BCUT2D eigenvalue weighted by atomic mass is 16.3. The van der Waals surface area contributed by atoms with Crippen LogP contribution < -0.4 is 5.32 Å². The van der Waals surface area contributed by atoms with Crippen LogP contribution in [0.15, 0.2) is 0 Å². The Bertz CT molecular complexity index is 192. The van der Waals surface area contributed by atoms with E-state index in [0.717, 1.165) is 12.5 Å². The van der Waals surface area contributed by atoms with E-state index in [4.69, 9.17) is 0 Å². The molecule has 1 aliphatic heterocycles. The summed E-state index contributed by atoms with van der Waals surface area (Å²) in [5.74, 6) is 0.738. The van der Waals surface area contributed by atoms with Crippen LogP contribution in [0.5, 0.6) is 0 Å². The molecule has 0 spiro atoms. The molecular weight excluding hydrogens is 188 g/mol. The van der Waals surface area contributed by atoms with Crippen LogP contribution in [-0.4, -0.2) is 48.3 Å². The van der Waals surface area contributed by atoms with Crippen molar-refractivity contribution in [1.82, 2.24) is 10.2 Å². The summed E-state index contributed by atoms with van der Waals surface area (Å²) >= 11 is 0. The van der Waals surface area contributed by atoms with Crippen LogP contribution in [0.25, 0.3) is 0 Å². The molecule has 90 valence electrons. The van der Waals surface area contributed by atoms with Gasteiger partial charge < -0.3 is 15.3 Å². The highest BCUT2D eigenvalue weighted by Gasteiger charge is 2.25. The zero-order valence-electron chi connectivity index (χ0n) is 10.6. The van der Waals surface area contributed by atoms with E-state index in [0.29, 0.717) is 0 Å². The van der Waals surface area contributed by atoms with E-state index in [-0.39, 0.29) is 11.6 Å². The number of hydrogen-bond acceptors (Lipinski definition) is 3. The van der Waals surface area contributed by atoms with Crippen molar-refractivity contribution in [1.29, 1.82) is 0 Å². The molecule has 2 unspecified atom stereocenters. The highest BCUT2D eigenvalue weighted by molar-refractivity contribution is 4.85. The third kappa shape index (κ3) is 4.09. The van der Waals surface area contributed by atoms with Gasteiger partial charge in [-0.05, 0) is 59.7 Å². The fourth-order valence-electron chi connectivity index (χ4n) is 1.99. The molecule has 15 heavy (non-hydrogen) atoms. The molecular formula is C12H26N2O. The van der Waals surface area contributed by atoms with E-state index in [1.54, 1.807) is 0 Å². The molecule has 0 aromatic rings. The smallest absolute Gasteiger partial charge is 0.0688 e. The summed E-state index contributed by atoms with van der Waals surface area (Å²) in [7, 11) is 2.19. The Balaban J connectivity index is 2.30. The molecule has 0 radical (unpaired) electrons. The predicted octanol–water partition coefficient (Wildman–Crippen LogP) is 1.08. The second-order valence-electron chi connectivity index (χ2n) is 5.55. The van der Waals surface area contributed by atoms with E-state index in [9.17, 15) is 5.11 Å². The Kier molecular flexibility index (Phi) is 4.56. The third-order valence-corrected chi connectivity index (χ3v) is 3.61. The second kappa shape index (κ2) is 5.28. The van der Waals surface area contributed by atoms with Crippen molar-refractivity contribution >= 4 is 0 Å². The zero-order valence-corrected chi connectivity index (χ0v) is 10.6.